The van der Waals surface area contributed by atoms with Crippen LogP contribution in [0.5, 0.6) is 0 Å². The molecule has 5 nitrogen and oxygen atoms in total. The summed E-state index contributed by atoms with van der Waals surface area (Å²) in [5.74, 6) is 0.811. The van der Waals surface area contributed by atoms with Crippen molar-refractivity contribution >= 4 is 12.0 Å². The van der Waals surface area contributed by atoms with Gasteiger partial charge in [0.05, 0.1) is 0 Å². The van der Waals surface area contributed by atoms with Gasteiger partial charge in [-0.2, -0.15) is 0 Å². The first-order valence-corrected chi connectivity index (χ1v) is 8.37. The highest BCUT2D eigenvalue weighted by molar-refractivity contribution is 5.75. The molecule has 1 N–H and O–H groups in total. The van der Waals surface area contributed by atoms with Crippen LogP contribution in [0.15, 0.2) is 0 Å². The van der Waals surface area contributed by atoms with Crippen molar-refractivity contribution in [1.82, 2.24) is 9.80 Å². The van der Waals surface area contributed by atoms with Crippen LogP contribution in [0.2, 0.25) is 0 Å². The molecule has 1 aliphatic heterocycles. The molecule has 3 fully saturated rings. The van der Waals surface area contributed by atoms with Crippen LogP contribution < -0.4 is 0 Å². The van der Waals surface area contributed by atoms with Crippen LogP contribution in [0.4, 0.5) is 4.79 Å². The number of aliphatic carboxylic acids is 1. The van der Waals surface area contributed by atoms with Gasteiger partial charge in [0.2, 0.25) is 0 Å². The average Bonchev–Trinajstić information content (AvgIpc) is 3.32. The number of piperidine rings is 1. The van der Waals surface area contributed by atoms with Crippen molar-refractivity contribution in [2.45, 2.75) is 44.9 Å². The van der Waals surface area contributed by atoms with Crippen LogP contribution in [-0.2, 0) is 4.79 Å². The van der Waals surface area contributed by atoms with Gasteiger partial charge in [-0.05, 0) is 56.3 Å². The van der Waals surface area contributed by atoms with E-state index >= 15 is 0 Å². The van der Waals surface area contributed by atoms with E-state index in [1.807, 2.05) is 4.90 Å². The molecular weight excluding hydrogens is 268 g/mol. The summed E-state index contributed by atoms with van der Waals surface area (Å²) < 4.78 is 0. The zero-order valence-corrected chi connectivity index (χ0v) is 12.7. The summed E-state index contributed by atoms with van der Waals surface area (Å²) in [5.41, 5.74) is 0. The molecule has 0 spiro atoms. The van der Waals surface area contributed by atoms with Gasteiger partial charge in [-0.25, -0.2) is 4.79 Å². The lowest BCUT2D eigenvalue weighted by molar-refractivity contribution is -0.138. The van der Waals surface area contributed by atoms with Gasteiger partial charge in [-0.3, -0.25) is 4.79 Å². The topological polar surface area (TPSA) is 60.9 Å². The lowest BCUT2D eigenvalue weighted by atomic mass is 9.95. The first kappa shape index (κ1) is 14.7. The average molecular weight is 294 g/mol. The molecule has 2 aliphatic carbocycles. The number of rotatable bonds is 6. The molecule has 0 bridgehead atoms. The van der Waals surface area contributed by atoms with Gasteiger partial charge in [0.25, 0.3) is 0 Å². The van der Waals surface area contributed by atoms with Crippen molar-refractivity contribution in [3.05, 3.63) is 0 Å². The second kappa shape index (κ2) is 6.24. The summed E-state index contributed by atoms with van der Waals surface area (Å²) in [6.45, 7) is 3.24. The molecule has 1 heterocycles. The molecule has 0 aromatic heterocycles. The second-order valence-corrected chi connectivity index (χ2v) is 7.13. The van der Waals surface area contributed by atoms with E-state index in [-0.39, 0.29) is 18.4 Å². The predicted octanol–water partition coefficient (Wildman–Crippen LogP) is 2.42. The Morgan fingerprint density at radius 3 is 2.14 bits per heavy atom. The van der Waals surface area contributed by atoms with Crippen molar-refractivity contribution in [1.29, 1.82) is 0 Å². The van der Waals surface area contributed by atoms with E-state index in [1.54, 1.807) is 0 Å². The van der Waals surface area contributed by atoms with Crippen molar-refractivity contribution in [2.75, 3.05) is 26.2 Å². The monoisotopic (exact) mass is 294 g/mol. The number of nitrogens with zero attached hydrogens (tertiary/aromatic N) is 2. The van der Waals surface area contributed by atoms with Crippen LogP contribution >= 0.6 is 0 Å². The Bertz CT molecular complexity index is 390. The van der Waals surface area contributed by atoms with Gasteiger partial charge in [0.15, 0.2) is 0 Å². The minimum absolute atomic E-state index is 0.129. The molecule has 0 aromatic rings. The Kier molecular flexibility index (Phi) is 4.36. The third-order valence-corrected chi connectivity index (χ3v) is 4.87. The lowest BCUT2D eigenvalue weighted by Crippen LogP contribution is -2.49. The number of urea groups is 1. The molecule has 0 aromatic carbocycles. The molecule has 21 heavy (non-hydrogen) atoms. The summed E-state index contributed by atoms with van der Waals surface area (Å²) >= 11 is 0. The summed E-state index contributed by atoms with van der Waals surface area (Å²) in [6.07, 6.45) is 7.10. The van der Waals surface area contributed by atoms with E-state index in [4.69, 9.17) is 5.11 Å². The maximum Gasteiger partial charge on any atom is 0.320 e. The molecule has 118 valence electrons. The summed E-state index contributed by atoms with van der Waals surface area (Å²) in [5, 5.41) is 8.94. The number of carboxylic acids is 1. The van der Waals surface area contributed by atoms with Gasteiger partial charge in [0.1, 0.15) is 0 Å². The highest BCUT2D eigenvalue weighted by Crippen LogP contribution is 2.34. The van der Waals surface area contributed by atoms with Crippen molar-refractivity contribution in [3.8, 4) is 0 Å². The first-order chi connectivity index (χ1) is 10.1. The largest absolute Gasteiger partial charge is 0.481 e. The Morgan fingerprint density at radius 1 is 1.00 bits per heavy atom. The Morgan fingerprint density at radius 2 is 1.62 bits per heavy atom. The van der Waals surface area contributed by atoms with Gasteiger partial charge >= 0.3 is 12.0 Å². The highest BCUT2D eigenvalue weighted by atomic mass is 16.4. The van der Waals surface area contributed by atoms with Crippen LogP contribution in [0.1, 0.15) is 44.9 Å². The van der Waals surface area contributed by atoms with E-state index in [9.17, 15) is 9.59 Å². The molecule has 3 rings (SSSR count). The Balaban J connectivity index is 1.56. The Labute approximate surface area is 126 Å². The van der Waals surface area contributed by atoms with Crippen molar-refractivity contribution in [2.24, 2.45) is 17.8 Å². The quantitative estimate of drug-likeness (QED) is 0.818. The summed E-state index contributed by atoms with van der Waals surface area (Å²) in [6, 6.07) is 0.156. The van der Waals surface area contributed by atoms with E-state index < -0.39 is 5.97 Å². The number of carbonyl (C=O) groups is 2. The van der Waals surface area contributed by atoms with Gasteiger partial charge in [-0.15, -0.1) is 0 Å². The zero-order chi connectivity index (χ0) is 14.8. The number of amides is 2. The third-order valence-electron chi connectivity index (χ3n) is 4.87. The number of carboxylic acid groups (broad SMARTS) is 1. The van der Waals surface area contributed by atoms with E-state index in [1.165, 1.54) is 25.7 Å². The van der Waals surface area contributed by atoms with Crippen molar-refractivity contribution < 1.29 is 14.7 Å². The highest BCUT2D eigenvalue weighted by Gasteiger charge is 2.34. The molecule has 1 atom stereocenters. The second-order valence-electron chi connectivity index (χ2n) is 7.13. The maximum atomic E-state index is 12.8. The van der Waals surface area contributed by atoms with Crippen LogP contribution in [-0.4, -0.2) is 53.1 Å². The third kappa shape index (κ3) is 4.35. The van der Waals surface area contributed by atoms with Gasteiger partial charge in [0, 0.05) is 32.6 Å². The zero-order valence-electron chi connectivity index (χ0n) is 12.7. The number of likely N-dealkylation sites (tertiary alicyclic amines) is 1. The molecule has 2 saturated carbocycles. The van der Waals surface area contributed by atoms with Crippen LogP contribution in [0, 0.1) is 17.8 Å². The molecule has 2 amide bonds. The molecule has 1 unspecified atom stereocenters. The molecule has 5 heteroatoms. The smallest absolute Gasteiger partial charge is 0.320 e. The lowest BCUT2D eigenvalue weighted by Gasteiger charge is -2.36. The first-order valence-electron chi connectivity index (χ1n) is 8.37. The van der Waals surface area contributed by atoms with Crippen LogP contribution in [0.25, 0.3) is 0 Å². The Hall–Kier alpha value is -1.26. The summed E-state index contributed by atoms with van der Waals surface area (Å²) in [4.78, 5) is 27.6. The van der Waals surface area contributed by atoms with Gasteiger partial charge < -0.3 is 14.9 Å². The predicted molar refractivity (Wildman–Crippen MR) is 79.0 cm³/mol. The number of carbonyl (C=O) groups excluding carboxylic acids is 1. The molecule has 1 saturated heterocycles. The van der Waals surface area contributed by atoms with Crippen LogP contribution in [0.3, 0.4) is 0 Å². The number of hydrogen-bond acceptors (Lipinski definition) is 2. The van der Waals surface area contributed by atoms with Crippen molar-refractivity contribution in [3.63, 3.8) is 0 Å². The van der Waals surface area contributed by atoms with E-state index in [0.29, 0.717) is 18.4 Å². The fraction of sp³-hybridized carbons (Fsp3) is 0.875. The SMILES string of the molecule is O=C(O)CC1CCCN(C(=O)N(CC2CC2)CC2CC2)C1. The fourth-order valence-corrected chi connectivity index (χ4v) is 3.31. The number of hydrogen-bond donors (Lipinski definition) is 1. The minimum Gasteiger partial charge on any atom is -0.481 e. The van der Waals surface area contributed by atoms with E-state index in [0.717, 1.165) is 32.5 Å². The molecule has 3 aliphatic rings. The maximum absolute atomic E-state index is 12.8. The minimum atomic E-state index is -0.748. The summed E-state index contributed by atoms with van der Waals surface area (Å²) in [7, 11) is 0. The molecule has 0 radical (unpaired) electrons. The van der Waals surface area contributed by atoms with Gasteiger partial charge in [-0.1, -0.05) is 0 Å². The molecular formula is C16H26N2O3. The van der Waals surface area contributed by atoms with E-state index in [2.05, 4.69) is 4.90 Å². The standard InChI is InChI=1S/C16H26N2O3/c19-15(20)8-14-2-1-7-17(11-14)16(21)18(9-12-3-4-12)10-13-5-6-13/h12-14H,1-11H2,(H,19,20). The fourth-order valence-electron chi connectivity index (χ4n) is 3.31. The normalized spacial score (nSPS) is 25.7.